The van der Waals surface area contributed by atoms with Crippen molar-refractivity contribution < 1.29 is 27.1 Å². The summed E-state index contributed by atoms with van der Waals surface area (Å²) in [6.07, 6.45) is -4.68. The lowest BCUT2D eigenvalue weighted by atomic mass is 10.1. The molecule has 0 amide bonds. The van der Waals surface area contributed by atoms with Crippen molar-refractivity contribution in [3.63, 3.8) is 0 Å². The third-order valence-electron chi connectivity index (χ3n) is 2.43. The second kappa shape index (κ2) is 6.60. The Bertz CT molecular complexity index is 415. The topological polar surface area (TPSA) is 51.5 Å². The van der Waals surface area contributed by atoms with Gasteiger partial charge in [-0.3, -0.25) is 0 Å². The van der Waals surface area contributed by atoms with Gasteiger partial charge in [0, 0.05) is 0 Å². The van der Waals surface area contributed by atoms with Crippen molar-refractivity contribution in [3.05, 3.63) is 23.7 Å². The van der Waals surface area contributed by atoms with Crippen molar-refractivity contribution >= 4 is 5.97 Å². The van der Waals surface area contributed by atoms with E-state index in [4.69, 9.17) is 4.42 Å². The molecule has 1 aromatic rings. The van der Waals surface area contributed by atoms with Gasteiger partial charge in [0.2, 0.25) is 5.76 Å². The number of halogens is 3. The number of alkyl halides is 3. The lowest BCUT2D eigenvalue weighted by Crippen LogP contribution is -2.27. The van der Waals surface area contributed by atoms with Crippen molar-refractivity contribution in [1.82, 2.24) is 5.32 Å². The Labute approximate surface area is 108 Å². The van der Waals surface area contributed by atoms with Gasteiger partial charge in [-0.25, -0.2) is 4.79 Å². The molecule has 0 saturated heterocycles. The predicted molar refractivity (Wildman–Crippen MR) is 61.8 cm³/mol. The number of nitrogens with one attached hydrogen (secondary N) is 1. The second-order valence-electron chi connectivity index (χ2n) is 4.02. The molecule has 1 heterocycles. The summed E-state index contributed by atoms with van der Waals surface area (Å²) in [7, 11) is 1.17. The first kappa shape index (κ1) is 15.6. The number of rotatable bonds is 6. The summed E-state index contributed by atoms with van der Waals surface area (Å²) < 4.78 is 47.0. The number of hydrogen-bond acceptors (Lipinski definition) is 4. The van der Waals surface area contributed by atoms with E-state index in [0.29, 0.717) is 13.0 Å². The third kappa shape index (κ3) is 4.94. The molecule has 1 atom stereocenters. The Hall–Kier alpha value is -1.50. The van der Waals surface area contributed by atoms with Crippen LogP contribution in [0, 0.1) is 0 Å². The van der Waals surface area contributed by atoms with E-state index in [0.717, 1.165) is 0 Å². The molecule has 0 aromatic carbocycles. The maximum absolute atomic E-state index is 12.5. The largest absolute Gasteiger partial charge is 0.463 e. The molecular formula is C12H16F3NO3. The van der Waals surface area contributed by atoms with Crippen LogP contribution < -0.4 is 5.32 Å². The van der Waals surface area contributed by atoms with Gasteiger partial charge in [0.05, 0.1) is 19.6 Å². The normalized spacial score (nSPS) is 13.3. The number of furan rings is 1. The van der Waals surface area contributed by atoms with Crippen LogP contribution in [0.15, 0.2) is 16.5 Å². The molecule has 1 unspecified atom stereocenters. The van der Waals surface area contributed by atoms with Crippen molar-refractivity contribution in [2.75, 3.05) is 13.7 Å². The average molecular weight is 279 g/mol. The van der Waals surface area contributed by atoms with Gasteiger partial charge in [-0.15, -0.1) is 0 Å². The zero-order valence-corrected chi connectivity index (χ0v) is 10.7. The Balaban J connectivity index is 2.84. The molecule has 0 bridgehead atoms. The minimum Gasteiger partial charge on any atom is -0.463 e. The minimum absolute atomic E-state index is 0.0752. The molecule has 0 aliphatic carbocycles. The Kier molecular flexibility index (Phi) is 5.41. The van der Waals surface area contributed by atoms with Crippen molar-refractivity contribution in [2.24, 2.45) is 0 Å². The fourth-order valence-electron chi connectivity index (χ4n) is 1.57. The lowest BCUT2D eigenvalue weighted by molar-refractivity contribution is -0.141. The zero-order valence-electron chi connectivity index (χ0n) is 10.7. The van der Waals surface area contributed by atoms with E-state index in [1.165, 1.54) is 19.2 Å². The summed E-state index contributed by atoms with van der Waals surface area (Å²) in [4.78, 5) is 11.2. The Morgan fingerprint density at radius 1 is 1.47 bits per heavy atom. The molecule has 0 aliphatic rings. The van der Waals surface area contributed by atoms with E-state index in [2.05, 4.69) is 10.1 Å². The van der Waals surface area contributed by atoms with Crippen LogP contribution in [0.1, 0.15) is 42.1 Å². The second-order valence-corrected chi connectivity index (χ2v) is 4.02. The predicted octanol–water partition coefficient (Wildman–Crippen LogP) is 3.06. The zero-order chi connectivity index (χ0) is 14.5. The molecule has 1 rings (SSSR count). The quantitative estimate of drug-likeness (QED) is 0.813. The number of hydrogen-bond donors (Lipinski definition) is 1. The molecule has 19 heavy (non-hydrogen) atoms. The van der Waals surface area contributed by atoms with Gasteiger partial charge in [-0.05, 0) is 25.1 Å². The van der Waals surface area contributed by atoms with Crippen LogP contribution in [0.25, 0.3) is 0 Å². The van der Waals surface area contributed by atoms with Gasteiger partial charge in [-0.1, -0.05) is 6.92 Å². The van der Waals surface area contributed by atoms with Crippen LogP contribution in [0.2, 0.25) is 0 Å². The van der Waals surface area contributed by atoms with Crippen LogP contribution in [-0.2, 0) is 4.74 Å². The van der Waals surface area contributed by atoms with Crippen LogP contribution in [0.5, 0.6) is 0 Å². The number of ether oxygens (including phenoxy) is 1. The summed E-state index contributed by atoms with van der Waals surface area (Å²) in [5, 5.41) is 2.75. The van der Waals surface area contributed by atoms with Gasteiger partial charge in [0.1, 0.15) is 5.76 Å². The van der Waals surface area contributed by atoms with Gasteiger partial charge >= 0.3 is 12.1 Å². The molecule has 0 aliphatic heterocycles. The molecule has 1 aromatic heterocycles. The number of carbonyl (C=O) groups excluding carboxylic acids is 1. The smallest absolute Gasteiger partial charge is 0.391 e. The first-order chi connectivity index (χ1) is 8.87. The highest BCUT2D eigenvalue weighted by molar-refractivity contribution is 5.86. The van der Waals surface area contributed by atoms with Crippen LogP contribution in [-0.4, -0.2) is 25.8 Å². The molecule has 0 radical (unpaired) electrons. The van der Waals surface area contributed by atoms with E-state index in [-0.39, 0.29) is 11.5 Å². The SMILES string of the molecule is CCCNC(CC(F)(F)F)c1ccc(C(=O)OC)o1. The van der Waals surface area contributed by atoms with E-state index >= 15 is 0 Å². The average Bonchev–Trinajstić information content (AvgIpc) is 2.81. The fraction of sp³-hybridized carbons (Fsp3) is 0.583. The molecule has 0 fully saturated rings. The molecule has 7 heteroatoms. The molecule has 108 valence electrons. The van der Waals surface area contributed by atoms with Gasteiger partial charge < -0.3 is 14.5 Å². The van der Waals surface area contributed by atoms with Crippen LogP contribution in [0.4, 0.5) is 13.2 Å². The van der Waals surface area contributed by atoms with E-state index in [1.54, 1.807) is 0 Å². The highest BCUT2D eigenvalue weighted by Crippen LogP contribution is 2.30. The summed E-state index contributed by atoms with van der Waals surface area (Å²) in [6, 6.07) is 1.65. The van der Waals surface area contributed by atoms with Gasteiger partial charge in [0.15, 0.2) is 0 Å². The Morgan fingerprint density at radius 3 is 2.68 bits per heavy atom. The highest BCUT2D eigenvalue weighted by atomic mass is 19.4. The van der Waals surface area contributed by atoms with Crippen LogP contribution >= 0.6 is 0 Å². The summed E-state index contributed by atoms with van der Waals surface area (Å²) in [6.45, 7) is 2.27. The number of esters is 1. The van der Waals surface area contributed by atoms with E-state index in [9.17, 15) is 18.0 Å². The maximum Gasteiger partial charge on any atom is 0.391 e. The standard InChI is InChI=1S/C12H16F3NO3/c1-3-6-16-8(7-12(13,14)15)9-4-5-10(19-9)11(17)18-2/h4-5,8,16H,3,6-7H2,1-2H3. The van der Waals surface area contributed by atoms with Gasteiger partial charge in [-0.2, -0.15) is 13.2 Å². The van der Waals surface area contributed by atoms with Crippen molar-refractivity contribution in [2.45, 2.75) is 32.0 Å². The molecular weight excluding hydrogens is 263 g/mol. The van der Waals surface area contributed by atoms with Crippen molar-refractivity contribution in [1.29, 1.82) is 0 Å². The summed E-state index contributed by atoms with van der Waals surface area (Å²) in [5.74, 6) is -0.748. The first-order valence-corrected chi connectivity index (χ1v) is 5.85. The van der Waals surface area contributed by atoms with Crippen molar-refractivity contribution in [3.8, 4) is 0 Å². The van der Waals surface area contributed by atoms with Crippen LogP contribution in [0.3, 0.4) is 0 Å². The summed E-state index contributed by atoms with van der Waals surface area (Å²) >= 11 is 0. The number of methoxy groups -OCH3 is 1. The highest BCUT2D eigenvalue weighted by Gasteiger charge is 2.34. The van der Waals surface area contributed by atoms with E-state index in [1.807, 2.05) is 6.92 Å². The maximum atomic E-state index is 12.5. The fourth-order valence-corrected chi connectivity index (χ4v) is 1.57. The molecule has 4 nitrogen and oxygen atoms in total. The molecule has 1 N–H and O–H groups in total. The molecule has 0 spiro atoms. The molecule has 0 saturated carbocycles. The first-order valence-electron chi connectivity index (χ1n) is 5.85. The minimum atomic E-state index is -4.32. The third-order valence-corrected chi connectivity index (χ3v) is 2.43. The van der Waals surface area contributed by atoms with E-state index < -0.39 is 24.6 Å². The Morgan fingerprint density at radius 2 is 2.16 bits per heavy atom. The number of carbonyl (C=O) groups is 1. The summed E-state index contributed by atoms with van der Waals surface area (Å²) in [5.41, 5.74) is 0. The lowest BCUT2D eigenvalue weighted by Gasteiger charge is -2.17. The monoisotopic (exact) mass is 279 g/mol. The van der Waals surface area contributed by atoms with Gasteiger partial charge in [0.25, 0.3) is 0 Å².